The highest BCUT2D eigenvalue weighted by Crippen LogP contribution is 2.08. The van der Waals surface area contributed by atoms with Crippen LogP contribution < -0.4 is 0 Å². The molecule has 1 aromatic heterocycles. The third-order valence-corrected chi connectivity index (χ3v) is 2.89. The van der Waals surface area contributed by atoms with E-state index < -0.39 is 0 Å². The van der Waals surface area contributed by atoms with Crippen LogP contribution in [0.5, 0.6) is 0 Å². The molecule has 2 rings (SSSR count). The first-order chi connectivity index (χ1) is 6.75. The van der Waals surface area contributed by atoms with Crippen LogP contribution in [0.2, 0.25) is 0 Å². The number of benzene rings is 1. The lowest BCUT2D eigenvalue weighted by atomic mass is 10.2. The molecular formula is C11H11IN2. The fourth-order valence-corrected chi connectivity index (χ4v) is 1.69. The van der Waals surface area contributed by atoms with Gasteiger partial charge in [-0.3, -0.25) is 4.68 Å². The zero-order valence-corrected chi connectivity index (χ0v) is 10.1. The molecule has 0 bridgehead atoms. The van der Waals surface area contributed by atoms with E-state index in [4.69, 9.17) is 0 Å². The molecule has 0 aliphatic rings. The first kappa shape index (κ1) is 9.71. The maximum Gasteiger partial charge on any atom is 0.0662 e. The molecule has 2 aromatic rings. The highest BCUT2D eigenvalue weighted by molar-refractivity contribution is 14.1. The number of aryl methyl sites for hydroxylation is 1. The quantitative estimate of drug-likeness (QED) is 0.780. The van der Waals surface area contributed by atoms with E-state index in [0.29, 0.717) is 0 Å². The highest BCUT2D eigenvalue weighted by atomic mass is 127. The number of rotatable bonds is 2. The van der Waals surface area contributed by atoms with Crippen LogP contribution in [0.1, 0.15) is 11.3 Å². The van der Waals surface area contributed by atoms with Crippen LogP contribution >= 0.6 is 22.6 Å². The number of hydrogen-bond acceptors (Lipinski definition) is 1. The van der Waals surface area contributed by atoms with Gasteiger partial charge in [0.1, 0.15) is 0 Å². The third kappa shape index (κ3) is 2.15. The summed E-state index contributed by atoms with van der Waals surface area (Å²) >= 11 is 2.31. The van der Waals surface area contributed by atoms with E-state index in [1.54, 1.807) is 0 Å². The van der Waals surface area contributed by atoms with Gasteiger partial charge >= 0.3 is 0 Å². The fourth-order valence-electron chi connectivity index (χ4n) is 1.33. The van der Waals surface area contributed by atoms with Crippen LogP contribution in [0.3, 0.4) is 0 Å². The van der Waals surface area contributed by atoms with E-state index in [0.717, 1.165) is 6.54 Å². The Morgan fingerprint density at radius 1 is 1.21 bits per heavy atom. The first-order valence-corrected chi connectivity index (χ1v) is 5.56. The Hall–Kier alpha value is -0.840. The van der Waals surface area contributed by atoms with Gasteiger partial charge in [0.15, 0.2) is 0 Å². The second-order valence-corrected chi connectivity index (χ2v) is 4.50. The Kier molecular flexibility index (Phi) is 2.86. The Labute approximate surface area is 97.1 Å². The second kappa shape index (κ2) is 4.13. The molecule has 3 heteroatoms. The molecule has 72 valence electrons. The summed E-state index contributed by atoms with van der Waals surface area (Å²) in [5, 5.41) is 4.25. The molecule has 1 heterocycles. The SMILES string of the molecule is Cc1ccnn1Cc1ccc(I)cc1. The van der Waals surface area contributed by atoms with Gasteiger partial charge in [0.05, 0.1) is 6.54 Å². The number of halogens is 1. The third-order valence-electron chi connectivity index (χ3n) is 2.17. The van der Waals surface area contributed by atoms with Crippen LogP contribution in [0.4, 0.5) is 0 Å². The van der Waals surface area contributed by atoms with Gasteiger partial charge in [-0.05, 0) is 53.3 Å². The van der Waals surface area contributed by atoms with E-state index in [1.165, 1.54) is 14.8 Å². The lowest BCUT2D eigenvalue weighted by Gasteiger charge is -2.04. The molecule has 0 aliphatic carbocycles. The summed E-state index contributed by atoms with van der Waals surface area (Å²) in [7, 11) is 0. The van der Waals surface area contributed by atoms with Crippen molar-refractivity contribution in [1.82, 2.24) is 9.78 Å². The van der Waals surface area contributed by atoms with Crippen molar-refractivity contribution < 1.29 is 0 Å². The molecule has 0 spiro atoms. The summed E-state index contributed by atoms with van der Waals surface area (Å²) in [4.78, 5) is 0. The molecule has 0 saturated heterocycles. The minimum Gasteiger partial charge on any atom is -0.265 e. The van der Waals surface area contributed by atoms with Gasteiger partial charge in [0.25, 0.3) is 0 Å². The van der Waals surface area contributed by atoms with Crippen LogP contribution in [0.25, 0.3) is 0 Å². The van der Waals surface area contributed by atoms with Gasteiger partial charge in [-0.2, -0.15) is 5.10 Å². The first-order valence-electron chi connectivity index (χ1n) is 4.48. The molecule has 0 radical (unpaired) electrons. The Bertz CT molecular complexity index is 417. The van der Waals surface area contributed by atoms with Gasteiger partial charge < -0.3 is 0 Å². The summed E-state index contributed by atoms with van der Waals surface area (Å²) in [5.41, 5.74) is 2.49. The molecule has 0 fully saturated rings. The number of nitrogens with zero attached hydrogens (tertiary/aromatic N) is 2. The van der Waals surface area contributed by atoms with E-state index >= 15 is 0 Å². The molecule has 0 saturated carbocycles. The van der Waals surface area contributed by atoms with E-state index in [9.17, 15) is 0 Å². The molecular weight excluding hydrogens is 287 g/mol. The maximum absolute atomic E-state index is 4.25. The summed E-state index contributed by atoms with van der Waals surface area (Å²) in [5.74, 6) is 0. The lowest BCUT2D eigenvalue weighted by molar-refractivity contribution is 0.665. The Morgan fingerprint density at radius 2 is 1.93 bits per heavy atom. The van der Waals surface area contributed by atoms with E-state index in [-0.39, 0.29) is 0 Å². The van der Waals surface area contributed by atoms with E-state index in [2.05, 4.69) is 58.9 Å². The smallest absolute Gasteiger partial charge is 0.0662 e. The predicted octanol–water partition coefficient (Wildman–Crippen LogP) is 2.84. The monoisotopic (exact) mass is 298 g/mol. The molecule has 14 heavy (non-hydrogen) atoms. The van der Waals surface area contributed by atoms with Crippen molar-refractivity contribution in [3.05, 3.63) is 51.4 Å². The summed E-state index contributed by atoms with van der Waals surface area (Å²) in [6.07, 6.45) is 1.84. The number of hydrogen-bond donors (Lipinski definition) is 0. The minimum atomic E-state index is 0.857. The summed E-state index contributed by atoms with van der Waals surface area (Å²) in [6.45, 7) is 2.93. The molecule has 0 unspecified atom stereocenters. The van der Waals surface area contributed by atoms with Crippen molar-refractivity contribution in [3.63, 3.8) is 0 Å². The largest absolute Gasteiger partial charge is 0.265 e. The molecule has 2 nitrogen and oxygen atoms in total. The molecule has 0 aliphatic heterocycles. The maximum atomic E-state index is 4.25. The Balaban J connectivity index is 2.19. The van der Waals surface area contributed by atoms with Crippen molar-refractivity contribution >= 4 is 22.6 Å². The number of aromatic nitrogens is 2. The average Bonchev–Trinajstić information content (AvgIpc) is 2.56. The highest BCUT2D eigenvalue weighted by Gasteiger charge is 1.98. The normalized spacial score (nSPS) is 10.4. The fraction of sp³-hybridized carbons (Fsp3) is 0.182. The molecule has 1 aromatic carbocycles. The zero-order valence-electron chi connectivity index (χ0n) is 7.94. The molecule has 0 N–H and O–H groups in total. The van der Waals surface area contributed by atoms with Crippen molar-refractivity contribution in [2.24, 2.45) is 0 Å². The average molecular weight is 298 g/mol. The second-order valence-electron chi connectivity index (χ2n) is 3.26. The van der Waals surface area contributed by atoms with Crippen LogP contribution in [-0.4, -0.2) is 9.78 Å². The van der Waals surface area contributed by atoms with Crippen molar-refractivity contribution in [3.8, 4) is 0 Å². The van der Waals surface area contributed by atoms with Crippen molar-refractivity contribution in [2.75, 3.05) is 0 Å². The molecule has 0 amide bonds. The van der Waals surface area contributed by atoms with Gasteiger partial charge in [0.2, 0.25) is 0 Å². The lowest BCUT2D eigenvalue weighted by Crippen LogP contribution is -2.03. The van der Waals surface area contributed by atoms with Crippen LogP contribution in [0.15, 0.2) is 36.5 Å². The van der Waals surface area contributed by atoms with Gasteiger partial charge in [-0.25, -0.2) is 0 Å². The van der Waals surface area contributed by atoms with Crippen molar-refractivity contribution in [1.29, 1.82) is 0 Å². The Morgan fingerprint density at radius 3 is 2.50 bits per heavy atom. The summed E-state index contributed by atoms with van der Waals surface area (Å²) in [6, 6.07) is 10.5. The van der Waals surface area contributed by atoms with Crippen molar-refractivity contribution in [2.45, 2.75) is 13.5 Å². The van der Waals surface area contributed by atoms with Crippen LogP contribution in [-0.2, 0) is 6.54 Å². The molecule has 0 atom stereocenters. The van der Waals surface area contributed by atoms with Crippen LogP contribution in [0, 0.1) is 10.5 Å². The minimum absolute atomic E-state index is 0.857. The zero-order chi connectivity index (χ0) is 9.97. The van der Waals surface area contributed by atoms with Gasteiger partial charge in [-0.15, -0.1) is 0 Å². The van der Waals surface area contributed by atoms with Gasteiger partial charge in [0, 0.05) is 15.5 Å². The summed E-state index contributed by atoms with van der Waals surface area (Å²) < 4.78 is 3.27. The van der Waals surface area contributed by atoms with Gasteiger partial charge in [-0.1, -0.05) is 12.1 Å². The topological polar surface area (TPSA) is 17.8 Å². The van der Waals surface area contributed by atoms with E-state index in [1.807, 2.05) is 16.9 Å². The predicted molar refractivity (Wildman–Crippen MR) is 65.2 cm³/mol. The standard InChI is InChI=1S/C11H11IN2/c1-9-6-7-13-14(9)8-10-2-4-11(12)5-3-10/h2-7H,8H2,1H3.